The van der Waals surface area contributed by atoms with Crippen molar-refractivity contribution in [2.24, 2.45) is 0 Å². The average Bonchev–Trinajstić information content (AvgIpc) is 3.24. The first-order valence-electron chi connectivity index (χ1n) is 17.7. The smallest absolute Gasteiger partial charge is 0.151 e. The van der Waals surface area contributed by atoms with E-state index in [1.807, 2.05) is 48.5 Å². The van der Waals surface area contributed by atoms with Crippen LogP contribution in [-0.2, 0) is 0 Å². The zero-order valence-electron chi connectivity index (χ0n) is 31.8. The number of aryl methyl sites for hydroxylation is 2. The molecule has 0 aliphatic heterocycles. The van der Waals surface area contributed by atoms with Crippen molar-refractivity contribution in [2.75, 3.05) is 11.1 Å². The summed E-state index contributed by atoms with van der Waals surface area (Å²) in [6.07, 6.45) is 3.97. The highest BCUT2D eigenvalue weighted by Crippen LogP contribution is 2.41. The van der Waals surface area contributed by atoms with E-state index in [-0.39, 0.29) is 11.5 Å². The number of hydrogen-bond acceptors (Lipinski definition) is 9. The quantitative estimate of drug-likeness (QED) is 0.124. The average molecular weight is 976 g/mol. The zero-order valence-corrected chi connectivity index (χ0v) is 37.9. The van der Waals surface area contributed by atoms with Gasteiger partial charge in [0.05, 0.1) is 57.6 Å². The normalized spacial score (nSPS) is 11.0. The Kier molecular flexibility index (Phi) is 16.9. The van der Waals surface area contributed by atoms with Crippen LogP contribution in [0.3, 0.4) is 0 Å². The maximum Gasteiger partial charge on any atom is 0.151 e. The van der Waals surface area contributed by atoms with Crippen molar-refractivity contribution in [1.29, 1.82) is 0 Å². The fraction of sp³-hybridized carbons (Fsp3) is 0.0682. The molecule has 0 aliphatic rings. The summed E-state index contributed by atoms with van der Waals surface area (Å²) in [7, 11) is 0. The number of para-hydroxylation sites is 1. The molecule has 1 atom stereocenters. The van der Waals surface area contributed by atoms with Crippen LogP contribution in [0.15, 0.2) is 116 Å². The highest BCUT2D eigenvalue weighted by atomic mass is 35.5. The predicted octanol–water partition coefficient (Wildman–Crippen LogP) is 14.5. The second-order valence-electron chi connectivity index (χ2n) is 12.7. The Hall–Kier alpha value is -4.81. The van der Waals surface area contributed by atoms with Crippen molar-refractivity contribution < 1.29 is 15.0 Å². The molecule has 8 aromatic rings. The molecular weight excluding hydrogens is 944 g/mol. The number of anilines is 2. The standard InChI is InChI=1S/C22H15Cl4N3O.C9H7NO.C7H4Cl2O.C6H6Cl2N2/c1-11-16(24)10-17(25)22(28-11)29-20(13-5-2-6-15(23)18(13)26)14-8-7-12-4-3-9-27-19(12)21(14)30;11-8-5-1-3-7-4-2-6-10-9(7)8;8-6-3-1-2-5(4-10)7(6)9;1-3-4(7)2-5(8)6(9)10-3/h2-10,20,30H,1H3,(H,28,29);1-6,11H;1-4H;2H,1H3,(H2,9,10). The molecule has 0 spiro atoms. The fourth-order valence-electron chi connectivity index (χ4n) is 5.52. The first-order valence-corrected chi connectivity index (χ1v) is 20.7. The summed E-state index contributed by atoms with van der Waals surface area (Å²) in [4.78, 5) is 26.9. The van der Waals surface area contributed by atoms with Crippen LogP contribution in [0.25, 0.3) is 21.8 Å². The summed E-state index contributed by atoms with van der Waals surface area (Å²) in [6, 6.07) is 29.3. The maximum absolute atomic E-state index is 11.0. The van der Waals surface area contributed by atoms with Crippen LogP contribution >= 0.6 is 92.8 Å². The molecule has 0 aliphatic carbocycles. The third-order valence-corrected chi connectivity index (χ3v) is 11.6. The molecule has 8 rings (SSSR count). The first kappa shape index (κ1) is 47.2. The highest BCUT2D eigenvalue weighted by molar-refractivity contribution is 6.43. The molecule has 0 saturated carbocycles. The number of benzene rings is 4. The number of phenols is 2. The van der Waals surface area contributed by atoms with Gasteiger partial charge in [0.2, 0.25) is 0 Å². The Morgan fingerprint density at radius 3 is 1.77 bits per heavy atom. The number of nitrogens with zero attached hydrogens (tertiary/aromatic N) is 4. The number of rotatable bonds is 5. The predicted molar refractivity (Wildman–Crippen MR) is 253 cm³/mol. The molecule has 5 N–H and O–H groups in total. The summed E-state index contributed by atoms with van der Waals surface area (Å²) in [6.45, 7) is 3.55. The fourth-order valence-corrected chi connectivity index (χ4v) is 7.06. The molecule has 0 bridgehead atoms. The minimum Gasteiger partial charge on any atom is -0.506 e. The molecule has 17 heteroatoms. The summed E-state index contributed by atoms with van der Waals surface area (Å²) in [5, 5.41) is 28.6. The van der Waals surface area contributed by atoms with Gasteiger partial charge in [0.15, 0.2) is 6.29 Å². The van der Waals surface area contributed by atoms with Crippen LogP contribution in [0, 0.1) is 13.8 Å². The largest absolute Gasteiger partial charge is 0.506 e. The van der Waals surface area contributed by atoms with Gasteiger partial charge in [0, 0.05) is 34.3 Å². The molecule has 0 amide bonds. The van der Waals surface area contributed by atoms with E-state index >= 15 is 0 Å². The second kappa shape index (κ2) is 21.8. The van der Waals surface area contributed by atoms with E-state index in [0.29, 0.717) is 97.2 Å². The van der Waals surface area contributed by atoms with Crippen molar-refractivity contribution in [3.05, 3.63) is 184 Å². The van der Waals surface area contributed by atoms with E-state index in [2.05, 4.69) is 25.3 Å². The van der Waals surface area contributed by atoms with Crippen LogP contribution in [0.5, 0.6) is 11.5 Å². The van der Waals surface area contributed by atoms with Crippen LogP contribution in [0.2, 0.25) is 40.2 Å². The number of aromatic hydroxyl groups is 2. The van der Waals surface area contributed by atoms with E-state index in [4.69, 9.17) is 98.5 Å². The van der Waals surface area contributed by atoms with E-state index in [1.54, 1.807) is 80.8 Å². The lowest BCUT2D eigenvalue weighted by Crippen LogP contribution is -2.15. The highest BCUT2D eigenvalue weighted by Gasteiger charge is 2.24. The summed E-state index contributed by atoms with van der Waals surface area (Å²) >= 11 is 47.8. The minimum atomic E-state index is -0.604. The summed E-state index contributed by atoms with van der Waals surface area (Å²) in [5.41, 5.74) is 9.47. The third-order valence-electron chi connectivity index (χ3n) is 8.62. The number of halogens is 8. The molecule has 4 heterocycles. The number of aromatic nitrogens is 4. The van der Waals surface area contributed by atoms with Gasteiger partial charge in [-0.15, -0.1) is 0 Å². The Balaban J connectivity index is 0.000000184. The monoisotopic (exact) mass is 972 g/mol. The zero-order chi connectivity index (χ0) is 44.4. The number of phenolic OH excluding ortho intramolecular Hbond substituents is 2. The number of nitrogens with one attached hydrogen (secondary N) is 1. The van der Waals surface area contributed by atoms with Crippen molar-refractivity contribution in [3.63, 3.8) is 0 Å². The van der Waals surface area contributed by atoms with Crippen LogP contribution in [-0.4, -0.2) is 36.4 Å². The minimum absolute atomic E-state index is 0.0310. The number of carbonyl (C=O) groups excluding carboxylic acids is 1. The first-order chi connectivity index (χ1) is 29.1. The molecule has 0 radical (unpaired) electrons. The van der Waals surface area contributed by atoms with Gasteiger partial charge in [-0.05, 0) is 61.9 Å². The Morgan fingerprint density at radius 2 is 1.15 bits per heavy atom. The van der Waals surface area contributed by atoms with Gasteiger partial charge in [0.1, 0.15) is 34.2 Å². The molecule has 0 saturated heterocycles. The maximum atomic E-state index is 11.0. The van der Waals surface area contributed by atoms with Gasteiger partial charge >= 0.3 is 0 Å². The van der Waals surface area contributed by atoms with Gasteiger partial charge in [-0.1, -0.05) is 153 Å². The molecule has 9 nitrogen and oxygen atoms in total. The number of pyridine rings is 4. The number of aldehydes is 1. The number of fused-ring (bicyclic) bond motifs is 2. The van der Waals surface area contributed by atoms with Crippen molar-refractivity contribution >= 4 is 133 Å². The number of carbonyl (C=O) groups is 1. The lowest BCUT2D eigenvalue weighted by molar-refractivity contribution is 0.112. The van der Waals surface area contributed by atoms with Gasteiger partial charge < -0.3 is 21.3 Å². The molecular formula is C44H32Cl8N6O3. The molecule has 4 aromatic carbocycles. The van der Waals surface area contributed by atoms with Crippen LogP contribution in [0.1, 0.15) is 38.9 Å². The molecule has 312 valence electrons. The summed E-state index contributed by atoms with van der Waals surface area (Å²) in [5.74, 6) is 0.996. The van der Waals surface area contributed by atoms with E-state index in [9.17, 15) is 15.0 Å². The van der Waals surface area contributed by atoms with Gasteiger partial charge in [-0.25, -0.2) is 9.97 Å². The molecule has 61 heavy (non-hydrogen) atoms. The van der Waals surface area contributed by atoms with Crippen molar-refractivity contribution in [1.82, 2.24) is 19.9 Å². The van der Waals surface area contributed by atoms with Crippen molar-refractivity contribution in [2.45, 2.75) is 19.9 Å². The Labute approximate surface area is 391 Å². The van der Waals surface area contributed by atoms with Gasteiger partial charge in [-0.3, -0.25) is 14.8 Å². The lowest BCUT2D eigenvalue weighted by Gasteiger charge is -2.24. The Morgan fingerprint density at radius 1 is 0.590 bits per heavy atom. The molecule has 4 aromatic heterocycles. The Bertz CT molecular complexity index is 2790. The number of nitrogens with two attached hydrogens (primary N) is 1. The van der Waals surface area contributed by atoms with Crippen molar-refractivity contribution in [3.8, 4) is 11.5 Å². The van der Waals surface area contributed by atoms with Gasteiger partial charge in [-0.2, -0.15) is 0 Å². The third kappa shape index (κ3) is 12.0. The number of nitrogen functional groups attached to an aromatic ring is 1. The van der Waals surface area contributed by atoms with E-state index < -0.39 is 6.04 Å². The van der Waals surface area contributed by atoms with Crippen LogP contribution in [0.4, 0.5) is 11.6 Å². The van der Waals surface area contributed by atoms with Gasteiger partial charge in [0.25, 0.3) is 0 Å². The van der Waals surface area contributed by atoms with Crippen LogP contribution < -0.4 is 11.1 Å². The lowest BCUT2D eigenvalue weighted by atomic mass is 9.96. The number of hydrogen-bond donors (Lipinski definition) is 4. The summed E-state index contributed by atoms with van der Waals surface area (Å²) < 4.78 is 0. The van der Waals surface area contributed by atoms with E-state index in [0.717, 1.165) is 10.8 Å². The molecule has 1 unspecified atom stereocenters. The topological polar surface area (TPSA) is 147 Å². The SMILES string of the molecule is Cc1nc(N)c(Cl)cc1Cl.Cc1nc(NC(c2cccc(Cl)c2Cl)c2ccc3cccnc3c2O)c(Cl)cc1Cl.O=Cc1cccc(Cl)c1Cl.Oc1cccc2cccnc12. The second-order valence-corrected chi connectivity index (χ2v) is 15.9. The van der Waals surface area contributed by atoms with E-state index in [1.165, 1.54) is 0 Å². The molecule has 0 fully saturated rings.